The van der Waals surface area contributed by atoms with Crippen molar-refractivity contribution in [1.29, 1.82) is 0 Å². The van der Waals surface area contributed by atoms with Crippen LogP contribution in [0.2, 0.25) is 0 Å². The van der Waals surface area contributed by atoms with E-state index in [-0.39, 0.29) is 5.92 Å². The van der Waals surface area contributed by atoms with Crippen LogP contribution in [-0.2, 0) is 4.65 Å². The van der Waals surface area contributed by atoms with Gasteiger partial charge in [0.2, 0.25) is 0 Å². The largest absolute Gasteiger partial charge is 0.491 e. The molecule has 0 bridgehead atoms. The van der Waals surface area contributed by atoms with Crippen molar-refractivity contribution >= 4 is 23.7 Å². The summed E-state index contributed by atoms with van der Waals surface area (Å²) in [4.78, 5) is 0. The Balaban J connectivity index is 2.90. The summed E-state index contributed by atoms with van der Waals surface area (Å²) in [6, 6.07) is 18.4. The molecule has 188 valence electrons. The molecule has 0 saturated carbocycles. The summed E-state index contributed by atoms with van der Waals surface area (Å²) in [6.45, 7) is 20.4. The highest BCUT2D eigenvalue weighted by Gasteiger charge is 2.30. The average molecular weight is 481 g/mol. The molecule has 0 aromatic heterocycles. The van der Waals surface area contributed by atoms with Crippen LogP contribution in [0.25, 0.3) is 11.1 Å². The molecule has 0 aliphatic heterocycles. The van der Waals surface area contributed by atoms with E-state index in [1.807, 2.05) is 57.2 Å². The zero-order valence-corrected chi connectivity index (χ0v) is 22.8. The summed E-state index contributed by atoms with van der Waals surface area (Å²) in [5, 5.41) is 11.0. The van der Waals surface area contributed by atoms with Crippen LogP contribution >= 0.6 is 0 Å². The van der Waals surface area contributed by atoms with Crippen LogP contribution in [0.15, 0.2) is 115 Å². The first-order valence-electron chi connectivity index (χ1n) is 12.7. The fraction of sp³-hybridized carbons (Fsp3) is 0.273. The van der Waals surface area contributed by atoms with Crippen molar-refractivity contribution in [3.05, 3.63) is 126 Å². The van der Waals surface area contributed by atoms with Gasteiger partial charge in [0.05, 0.1) is 5.60 Å². The maximum Gasteiger partial charge on any atom is 0.491 e. The van der Waals surface area contributed by atoms with E-state index >= 15 is 0 Å². The molecule has 0 radical (unpaired) electrons. The van der Waals surface area contributed by atoms with E-state index in [1.165, 1.54) is 0 Å². The Kier molecular flexibility index (Phi) is 11.2. The molecule has 0 aliphatic carbocycles. The van der Waals surface area contributed by atoms with E-state index in [1.54, 1.807) is 6.08 Å². The molecule has 2 aromatic carbocycles. The predicted octanol–water partition coefficient (Wildman–Crippen LogP) is 7.95. The lowest BCUT2D eigenvalue weighted by atomic mass is 9.75. The van der Waals surface area contributed by atoms with Crippen LogP contribution in [0.5, 0.6) is 0 Å². The average Bonchev–Trinajstić information content (AvgIpc) is 2.86. The van der Waals surface area contributed by atoms with Crippen LogP contribution in [0.4, 0.5) is 0 Å². The first-order valence-corrected chi connectivity index (χ1v) is 12.7. The lowest BCUT2D eigenvalue weighted by Crippen LogP contribution is -2.44. The Labute approximate surface area is 219 Å². The van der Waals surface area contributed by atoms with Gasteiger partial charge in [0.15, 0.2) is 0 Å². The van der Waals surface area contributed by atoms with E-state index in [2.05, 4.69) is 82.5 Å². The second kappa shape index (κ2) is 13.8. The molecule has 0 atom stereocenters. The summed E-state index contributed by atoms with van der Waals surface area (Å²) < 4.78 is 6.09. The quantitative estimate of drug-likeness (QED) is 0.190. The van der Waals surface area contributed by atoms with Crippen molar-refractivity contribution in [3.8, 4) is 0 Å². The minimum Gasteiger partial charge on any atom is -0.423 e. The number of hydrogen-bond donors (Lipinski definition) is 1. The van der Waals surface area contributed by atoms with Gasteiger partial charge in [-0.05, 0) is 72.0 Å². The van der Waals surface area contributed by atoms with Gasteiger partial charge < -0.3 is 9.68 Å². The third-order valence-corrected chi connectivity index (χ3v) is 6.44. The van der Waals surface area contributed by atoms with Gasteiger partial charge in [-0.3, -0.25) is 0 Å². The molecule has 36 heavy (non-hydrogen) atoms. The van der Waals surface area contributed by atoms with E-state index in [0.29, 0.717) is 5.46 Å². The van der Waals surface area contributed by atoms with Gasteiger partial charge in [-0.15, -0.1) is 0 Å². The predicted molar refractivity (Wildman–Crippen MR) is 159 cm³/mol. The second-order valence-corrected chi connectivity index (χ2v) is 9.60. The van der Waals surface area contributed by atoms with Crippen molar-refractivity contribution in [3.63, 3.8) is 0 Å². The van der Waals surface area contributed by atoms with Crippen LogP contribution in [-0.4, -0.2) is 17.7 Å². The maximum absolute atomic E-state index is 11.0. The molecule has 2 nitrogen and oxygen atoms in total. The van der Waals surface area contributed by atoms with Gasteiger partial charge in [-0.1, -0.05) is 125 Å². The van der Waals surface area contributed by atoms with Gasteiger partial charge in [0, 0.05) is 0 Å². The third kappa shape index (κ3) is 7.43. The molecule has 2 rings (SSSR count). The lowest BCUT2D eigenvalue weighted by Gasteiger charge is -2.31. The summed E-state index contributed by atoms with van der Waals surface area (Å²) in [7, 11) is -1.04. The summed E-state index contributed by atoms with van der Waals surface area (Å²) in [5.74, 6) is 0.251. The maximum atomic E-state index is 11.0. The van der Waals surface area contributed by atoms with Crippen LogP contribution in [0, 0.1) is 5.92 Å². The molecule has 0 spiro atoms. The van der Waals surface area contributed by atoms with Gasteiger partial charge in [-0.25, -0.2) is 0 Å². The van der Waals surface area contributed by atoms with Crippen molar-refractivity contribution < 1.29 is 9.68 Å². The molecule has 2 aromatic rings. The topological polar surface area (TPSA) is 29.5 Å². The highest BCUT2D eigenvalue weighted by atomic mass is 16.5. The normalized spacial score (nSPS) is 13.7. The standard InChI is InChI=1S/C33H41BO2/c1-9-17-26(12-4)31(32(27(18-10-2)19-11-3)28-20-14-13-15-21-28)29-22-16-23-30(24-29)34(35)36-33(7,8)25(5)6/h9-10,12-25,35H,1,4,11H2,2-3,5-8H3/b18-10-,26-17+,27-19+,32-31-. The molecular formula is C33H41BO2. The Bertz CT molecular complexity index is 1150. The van der Waals surface area contributed by atoms with E-state index in [4.69, 9.17) is 4.65 Å². The van der Waals surface area contributed by atoms with Crippen LogP contribution in [0.3, 0.4) is 0 Å². The minimum atomic E-state index is -1.04. The molecule has 0 amide bonds. The Morgan fingerprint density at radius 2 is 1.64 bits per heavy atom. The smallest absolute Gasteiger partial charge is 0.423 e. The third-order valence-electron chi connectivity index (χ3n) is 6.44. The highest BCUT2D eigenvalue weighted by molar-refractivity contribution is 6.60. The Morgan fingerprint density at radius 3 is 2.19 bits per heavy atom. The Morgan fingerprint density at radius 1 is 1.00 bits per heavy atom. The molecule has 3 heteroatoms. The van der Waals surface area contributed by atoms with E-state index in [0.717, 1.165) is 39.8 Å². The fourth-order valence-electron chi connectivity index (χ4n) is 3.89. The van der Waals surface area contributed by atoms with Crippen molar-refractivity contribution in [2.75, 3.05) is 0 Å². The molecule has 0 unspecified atom stereocenters. The first kappa shape index (κ1) is 29.1. The van der Waals surface area contributed by atoms with Gasteiger partial charge in [0.25, 0.3) is 0 Å². The molecule has 1 N–H and O–H groups in total. The second-order valence-electron chi connectivity index (χ2n) is 9.60. The van der Waals surface area contributed by atoms with Gasteiger partial charge in [0.1, 0.15) is 0 Å². The van der Waals surface area contributed by atoms with E-state index < -0.39 is 12.7 Å². The van der Waals surface area contributed by atoms with Crippen molar-refractivity contribution in [2.24, 2.45) is 5.92 Å². The molecule has 0 heterocycles. The molecule has 0 fully saturated rings. The van der Waals surface area contributed by atoms with Crippen LogP contribution in [0.1, 0.15) is 59.1 Å². The minimum absolute atomic E-state index is 0.251. The zero-order valence-electron chi connectivity index (χ0n) is 22.8. The summed E-state index contributed by atoms with van der Waals surface area (Å²) in [5.41, 5.74) is 6.50. The first-order chi connectivity index (χ1) is 17.2. The van der Waals surface area contributed by atoms with Gasteiger partial charge in [-0.2, -0.15) is 0 Å². The number of rotatable bonds is 12. The van der Waals surface area contributed by atoms with Crippen molar-refractivity contribution in [1.82, 2.24) is 0 Å². The van der Waals surface area contributed by atoms with Crippen LogP contribution < -0.4 is 5.46 Å². The molecular weight excluding hydrogens is 439 g/mol. The monoisotopic (exact) mass is 480 g/mol. The van der Waals surface area contributed by atoms with E-state index in [9.17, 15) is 5.02 Å². The SMILES string of the molecule is C=C/C=C(C=C)/C(=C(C(\C=C/C)=C\CC)/c1ccccc1)c1cccc(B(O)OC(C)(C)C(C)C)c1. The number of hydrogen-bond acceptors (Lipinski definition) is 2. The number of benzene rings is 2. The van der Waals surface area contributed by atoms with Crippen molar-refractivity contribution in [2.45, 2.75) is 53.6 Å². The van der Waals surface area contributed by atoms with Gasteiger partial charge >= 0.3 is 7.12 Å². The molecule has 0 saturated heterocycles. The number of allylic oxidation sites excluding steroid dienone is 10. The molecule has 0 aliphatic rings. The summed E-state index contributed by atoms with van der Waals surface area (Å²) >= 11 is 0. The lowest BCUT2D eigenvalue weighted by molar-refractivity contribution is 0.0423. The Hall–Kier alpha value is -3.14. The zero-order chi connectivity index (χ0) is 26.7. The fourth-order valence-corrected chi connectivity index (χ4v) is 3.89. The summed E-state index contributed by atoms with van der Waals surface area (Å²) in [6.07, 6.45) is 13.0. The highest BCUT2D eigenvalue weighted by Crippen LogP contribution is 2.38.